The van der Waals surface area contributed by atoms with Crippen molar-refractivity contribution in [2.24, 2.45) is 0 Å². The summed E-state index contributed by atoms with van der Waals surface area (Å²) >= 11 is 2.39. The largest absolute Gasteiger partial charge is 0.462 e. The van der Waals surface area contributed by atoms with Crippen LogP contribution in [0.25, 0.3) is 22.6 Å². The van der Waals surface area contributed by atoms with Crippen LogP contribution in [0.1, 0.15) is 17.3 Å². The van der Waals surface area contributed by atoms with Crippen molar-refractivity contribution in [3.05, 3.63) is 65.8 Å². The van der Waals surface area contributed by atoms with E-state index < -0.39 is 5.97 Å². The zero-order valence-electron chi connectivity index (χ0n) is 17.0. The molecule has 0 aliphatic rings. The van der Waals surface area contributed by atoms with Crippen LogP contribution < -0.4 is 5.32 Å². The third-order valence-electron chi connectivity index (χ3n) is 4.27. The minimum absolute atomic E-state index is 0.0405. The van der Waals surface area contributed by atoms with Gasteiger partial charge in [-0.2, -0.15) is 0 Å². The van der Waals surface area contributed by atoms with Gasteiger partial charge in [0, 0.05) is 28.9 Å². The predicted octanol–water partition coefficient (Wildman–Crippen LogP) is 4.77. The summed E-state index contributed by atoms with van der Waals surface area (Å²) in [5.41, 5.74) is 2.68. The summed E-state index contributed by atoms with van der Waals surface area (Å²) in [6.07, 6.45) is 3.26. The molecule has 4 rings (SSSR count). The molecule has 4 aromatic rings. The number of carbonyl (C=O) groups is 2. The molecule has 0 fully saturated rings. The first kappa shape index (κ1) is 21.7. The lowest BCUT2D eigenvalue weighted by Gasteiger charge is -2.08. The number of anilines is 1. The van der Waals surface area contributed by atoms with Gasteiger partial charge in [0.15, 0.2) is 0 Å². The van der Waals surface area contributed by atoms with E-state index in [1.807, 2.05) is 35.7 Å². The SMILES string of the molecule is CCOC(=O)c1c(-c2ccccc2)csc1NC(=O)CSc1nnc(-c2ccncc2)o1. The molecule has 0 radical (unpaired) electrons. The number of esters is 1. The Balaban J connectivity index is 1.46. The molecule has 10 heteroatoms. The van der Waals surface area contributed by atoms with E-state index in [1.165, 1.54) is 11.3 Å². The summed E-state index contributed by atoms with van der Waals surface area (Å²) < 4.78 is 10.8. The van der Waals surface area contributed by atoms with Gasteiger partial charge >= 0.3 is 5.97 Å². The molecule has 0 atom stereocenters. The average molecular weight is 467 g/mol. The van der Waals surface area contributed by atoms with Crippen molar-refractivity contribution < 1.29 is 18.7 Å². The number of thioether (sulfide) groups is 1. The van der Waals surface area contributed by atoms with E-state index in [1.54, 1.807) is 31.5 Å². The lowest BCUT2D eigenvalue weighted by molar-refractivity contribution is -0.113. The third-order valence-corrected chi connectivity index (χ3v) is 5.98. The summed E-state index contributed by atoms with van der Waals surface area (Å²) in [6.45, 7) is 1.98. The summed E-state index contributed by atoms with van der Waals surface area (Å²) in [6, 6.07) is 13.0. The third kappa shape index (κ3) is 5.04. The summed E-state index contributed by atoms with van der Waals surface area (Å²) in [7, 11) is 0. The monoisotopic (exact) mass is 466 g/mol. The second-order valence-electron chi connectivity index (χ2n) is 6.39. The van der Waals surface area contributed by atoms with Gasteiger partial charge in [0.2, 0.25) is 11.8 Å². The number of rotatable bonds is 8. The smallest absolute Gasteiger partial charge is 0.341 e. The lowest BCUT2D eigenvalue weighted by Crippen LogP contribution is -2.16. The fraction of sp³-hybridized carbons (Fsp3) is 0.136. The second kappa shape index (κ2) is 10.2. The van der Waals surface area contributed by atoms with Crippen molar-refractivity contribution in [2.45, 2.75) is 12.1 Å². The summed E-state index contributed by atoms with van der Waals surface area (Å²) in [5, 5.41) is 13.3. The molecule has 1 amide bonds. The molecule has 1 aromatic carbocycles. The zero-order valence-corrected chi connectivity index (χ0v) is 18.6. The summed E-state index contributed by atoms with van der Waals surface area (Å²) in [5.74, 6) is -0.385. The summed E-state index contributed by atoms with van der Waals surface area (Å²) in [4.78, 5) is 29.1. The Kier molecular flexibility index (Phi) is 6.93. The first-order valence-electron chi connectivity index (χ1n) is 9.66. The van der Waals surface area contributed by atoms with Gasteiger partial charge in [0.05, 0.1) is 12.4 Å². The van der Waals surface area contributed by atoms with E-state index in [9.17, 15) is 9.59 Å². The maximum atomic E-state index is 12.6. The van der Waals surface area contributed by atoms with E-state index in [4.69, 9.17) is 9.15 Å². The van der Waals surface area contributed by atoms with Crippen LogP contribution in [-0.2, 0) is 9.53 Å². The molecule has 0 bridgehead atoms. The number of hydrogen-bond donors (Lipinski definition) is 1. The Morgan fingerprint density at radius 3 is 2.62 bits per heavy atom. The molecule has 3 heterocycles. The van der Waals surface area contributed by atoms with Crippen LogP contribution in [0.15, 0.2) is 69.9 Å². The molecule has 0 aliphatic carbocycles. The molecule has 0 spiro atoms. The van der Waals surface area contributed by atoms with Gasteiger partial charge < -0.3 is 14.5 Å². The Morgan fingerprint density at radius 2 is 1.88 bits per heavy atom. The van der Waals surface area contributed by atoms with E-state index in [0.29, 0.717) is 16.5 Å². The second-order valence-corrected chi connectivity index (χ2v) is 8.19. The number of nitrogens with one attached hydrogen (secondary N) is 1. The van der Waals surface area contributed by atoms with Crippen LogP contribution in [0.3, 0.4) is 0 Å². The van der Waals surface area contributed by atoms with E-state index in [-0.39, 0.29) is 23.5 Å². The molecule has 0 unspecified atom stereocenters. The van der Waals surface area contributed by atoms with Crippen LogP contribution in [0.2, 0.25) is 0 Å². The lowest BCUT2D eigenvalue weighted by atomic mass is 10.0. The molecule has 0 saturated heterocycles. The number of amides is 1. The number of aromatic nitrogens is 3. The average Bonchev–Trinajstić information content (AvgIpc) is 3.46. The number of hydrogen-bond acceptors (Lipinski definition) is 9. The highest BCUT2D eigenvalue weighted by Crippen LogP contribution is 2.36. The number of carbonyl (C=O) groups excluding carboxylic acids is 2. The first-order chi connectivity index (χ1) is 15.7. The van der Waals surface area contributed by atoms with Crippen LogP contribution in [0, 0.1) is 0 Å². The van der Waals surface area contributed by atoms with Crippen molar-refractivity contribution in [3.63, 3.8) is 0 Å². The van der Waals surface area contributed by atoms with Crippen LogP contribution in [-0.4, -0.2) is 39.4 Å². The standard InChI is InChI=1S/C22H18N4O4S2/c1-2-29-21(28)18-16(14-6-4-3-5-7-14)12-31-20(18)24-17(27)13-32-22-26-25-19(30-22)15-8-10-23-11-9-15/h3-12H,2,13H2,1H3,(H,24,27). The molecule has 32 heavy (non-hydrogen) atoms. The van der Waals surface area contributed by atoms with Crippen molar-refractivity contribution >= 4 is 40.0 Å². The fourth-order valence-corrected chi connectivity index (χ4v) is 4.39. The maximum Gasteiger partial charge on any atom is 0.341 e. The van der Waals surface area contributed by atoms with Gasteiger partial charge in [-0.15, -0.1) is 21.5 Å². The van der Waals surface area contributed by atoms with Crippen LogP contribution in [0.5, 0.6) is 0 Å². The molecular formula is C22H18N4O4S2. The van der Waals surface area contributed by atoms with Gasteiger partial charge in [0.1, 0.15) is 10.6 Å². The van der Waals surface area contributed by atoms with Crippen molar-refractivity contribution in [1.29, 1.82) is 0 Å². The highest BCUT2D eigenvalue weighted by molar-refractivity contribution is 7.99. The number of pyridine rings is 1. The Morgan fingerprint density at radius 1 is 1.09 bits per heavy atom. The van der Waals surface area contributed by atoms with Gasteiger partial charge in [-0.25, -0.2) is 4.79 Å². The topological polar surface area (TPSA) is 107 Å². The number of thiophene rings is 1. The predicted molar refractivity (Wildman–Crippen MR) is 123 cm³/mol. The first-order valence-corrected chi connectivity index (χ1v) is 11.5. The quantitative estimate of drug-likeness (QED) is 0.292. The molecule has 8 nitrogen and oxygen atoms in total. The molecular weight excluding hydrogens is 448 g/mol. The molecule has 0 aliphatic heterocycles. The zero-order chi connectivity index (χ0) is 22.3. The minimum Gasteiger partial charge on any atom is -0.462 e. The molecule has 0 saturated carbocycles. The van der Waals surface area contributed by atoms with Crippen LogP contribution in [0.4, 0.5) is 5.00 Å². The van der Waals surface area contributed by atoms with E-state index in [0.717, 1.165) is 28.5 Å². The Hall–Kier alpha value is -3.50. The highest BCUT2D eigenvalue weighted by atomic mass is 32.2. The van der Waals surface area contributed by atoms with Gasteiger partial charge in [-0.05, 0) is 24.6 Å². The van der Waals surface area contributed by atoms with Crippen molar-refractivity contribution in [2.75, 3.05) is 17.7 Å². The van der Waals surface area contributed by atoms with Crippen molar-refractivity contribution in [3.8, 4) is 22.6 Å². The van der Waals surface area contributed by atoms with Gasteiger partial charge in [-0.3, -0.25) is 9.78 Å². The minimum atomic E-state index is -0.477. The van der Waals surface area contributed by atoms with Gasteiger partial charge in [0.25, 0.3) is 5.22 Å². The van der Waals surface area contributed by atoms with Crippen LogP contribution >= 0.6 is 23.1 Å². The Labute approximate surface area is 192 Å². The molecule has 1 N–H and O–H groups in total. The normalized spacial score (nSPS) is 10.7. The van der Waals surface area contributed by atoms with Gasteiger partial charge in [-0.1, -0.05) is 42.1 Å². The number of nitrogens with zero attached hydrogens (tertiary/aromatic N) is 3. The molecule has 3 aromatic heterocycles. The number of ether oxygens (including phenoxy) is 1. The maximum absolute atomic E-state index is 12.6. The fourth-order valence-electron chi connectivity index (χ4n) is 2.86. The van der Waals surface area contributed by atoms with E-state index >= 15 is 0 Å². The Bertz CT molecular complexity index is 1210. The van der Waals surface area contributed by atoms with E-state index in [2.05, 4.69) is 20.5 Å². The molecule has 162 valence electrons. The van der Waals surface area contributed by atoms with Crippen molar-refractivity contribution in [1.82, 2.24) is 15.2 Å². The number of benzene rings is 1. The highest BCUT2D eigenvalue weighted by Gasteiger charge is 2.23.